The van der Waals surface area contributed by atoms with Crippen LogP contribution < -0.4 is 9.62 Å². The predicted octanol–water partition coefficient (Wildman–Crippen LogP) is 5.93. The average Bonchev–Trinajstić information content (AvgIpc) is 2.91. The highest BCUT2D eigenvalue weighted by molar-refractivity contribution is 7.92. The lowest BCUT2D eigenvalue weighted by Gasteiger charge is -2.32. The molecule has 0 aliphatic carbocycles. The highest BCUT2D eigenvalue weighted by atomic mass is 35.5. The number of anilines is 1. The minimum atomic E-state index is -3.59. The third-order valence-electron chi connectivity index (χ3n) is 6.91. The molecule has 7 nitrogen and oxygen atoms in total. The zero-order valence-electron chi connectivity index (χ0n) is 23.9. The lowest BCUT2D eigenvalue weighted by molar-refractivity contribution is -0.141. The van der Waals surface area contributed by atoms with Crippen molar-refractivity contribution in [2.24, 2.45) is 0 Å². The van der Waals surface area contributed by atoms with Crippen LogP contribution >= 0.6 is 23.2 Å². The molecular weight excluding hydrogens is 581 g/mol. The standard InChI is InChI=1S/C31H37Cl2N3O4S/c1-5-34-31(38)29(19-24-10-7-6-8-11-24)35(21-25-14-15-26(32)20-28(25)33)30(37)12-9-17-36(41(4,39)40)27-16-13-22(2)23(3)18-27/h6-8,10-11,13-16,18,20,29H,5,9,12,17,19,21H2,1-4H3,(H,34,38)/t29-/m0/s1. The van der Waals surface area contributed by atoms with Gasteiger partial charge in [-0.25, -0.2) is 8.42 Å². The van der Waals surface area contributed by atoms with Crippen molar-refractivity contribution in [2.75, 3.05) is 23.7 Å². The first-order valence-electron chi connectivity index (χ1n) is 13.5. The number of benzene rings is 3. The number of carbonyl (C=O) groups excluding carboxylic acids is 2. The van der Waals surface area contributed by atoms with Crippen LogP contribution in [-0.4, -0.2) is 50.5 Å². The molecule has 0 unspecified atom stereocenters. The molecule has 0 heterocycles. The fourth-order valence-corrected chi connectivity index (χ4v) is 5.99. The van der Waals surface area contributed by atoms with Crippen LogP contribution in [0, 0.1) is 13.8 Å². The Morgan fingerprint density at radius 2 is 1.66 bits per heavy atom. The first kappa shape index (κ1) is 32.4. The lowest BCUT2D eigenvalue weighted by Crippen LogP contribution is -2.50. The number of carbonyl (C=O) groups is 2. The molecule has 220 valence electrons. The number of nitrogens with one attached hydrogen (secondary N) is 1. The number of likely N-dealkylation sites (N-methyl/N-ethyl adjacent to an activating group) is 1. The number of rotatable bonds is 13. The zero-order valence-corrected chi connectivity index (χ0v) is 26.2. The van der Waals surface area contributed by atoms with Gasteiger partial charge < -0.3 is 10.2 Å². The van der Waals surface area contributed by atoms with Crippen molar-refractivity contribution in [3.63, 3.8) is 0 Å². The van der Waals surface area contributed by atoms with Gasteiger partial charge in [0, 0.05) is 42.5 Å². The average molecular weight is 619 g/mol. The Labute approximate surface area is 253 Å². The van der Waals surface area contributed by atoms with Gasteiger partial charge in [0.2, 0.25) is 21.8 Å². The molecule has 41 heavy (non-hydrogen) atoms. The Morgan fingerprint density at radius 3 is 2.27 bits per heavy atom. The Bertz CT molecular complexity index is 1470. The van der Waals surface area contributed by atoms with E-state index >= 15 is 0 Å². The molecule has 2 amide bonds. The van der Waals surface area contributed by atoms with Crippen LogP contribution in [0.1, 0.15) is 42.0 Å². The maximum atomic E-state index is 13.8. The first-order chi connectivity index (χ1) is 19.4. The van der Waals surface area contributed by atoms with Gasteiger partial charge in [-0.2, -0.15) is 0 Å². The van der Waals surface area contributed by atoms with Gasteiger partial charge in [-0.15, -0.1) is 0 Å². The predicted molar refractivity (Wildman–Crippen MR) is 167 cm³/mol. The van der Waals surface area contributed by atoms with Gasteiger partial charge in [0.15, 0.2) is 0 Å². The van der Waals surface area contributed by atoms with E-state index in [2.05, 4.69) is 5.32 Å². The fraction of sp³-hybridized carbons (Fsp3) is 0.355. The number of halogens is 2. The third kappa shape index (κ3) is 9.21. The van der Waals surface area contributed by atoms with Gasteiger partial charge in [0.1, 0.15) is 6.04 Å². The molecule has 0 bridgehead atoms. The lowest BCUT2D eigenvalue weighted by atomic mass is 10.0. The normalized spacial score (nSPS) is 12.0. The summed E-state index contributed by atoms with van der Waals surface area (Å²) in [4.78, 5) is 28.7. The highest BCUT2D eigenvalue weighted by Gasteiger charge is 2.30. The van der Waals surface area contributed by atoms with E-state index in [0.29, 0.717) is 34.3 Å². The Morgan fingerprint density at radius 1 is 0.951 bits per heavy atom. The number of nitrogens with zero attached hydrogens (tertiary/aromatic N) is 2. The molecule has 10 heteroatoms. The Kier molecular flexibility index (Phi) is 11.6. The van der Waals surface area contributed by atoms with Gasteiger partial charge in [0.05, 0.1) is 11.9 Å². The van der Waals surface area contributed by atoms with Crippen molar-refractivity contribution in [1.29, 1.82) is 0 Å². The molecule has 0 saturated heterocycles. The molecule has 3 rings (SSSR count). The van der Waals surface area contributed by atoms with E-state index in [0.717, 1.165) is 22.9 Å². The van der Waals surface area contributed by atoms with E-state index in [9.17, 15) is 18.0 Å². The number of amides is 2. The van der Waals surface area contributed by atoms with Crippen LogP contribution in [0.25, 0.3) is 0 Å². The van der Waals surface area contributed by atoms with Crippen molar-refractivity contribution in [3.05, 3.63) is 99.0 Å². The minimum Gasteiger partial charge on any atom is -0.355 e. The van der Waals surface area contributed by atoms with Crippen molar-refractivity contribution < 1.29 is 18.0 Å². The van der Waals surface area contributed by atoms with Crippen LogP contribution in [0.5, 0.6) is 0 Å². The molecule has 0 spiro atoms. The molecular formula is C31H37Cl2N3O4S. The van der Waals surface area contributed by atoms with Crippen LogP contribution in [0.3, 0.4) is 0 Å². The van der Waals surface area contributed by atoms with E-state index < -0.39 is 16.1 Å². The highest BCUT2D eigenvalue weighted by Crippen LogP contribution is 2.26. The summed E-state index contributed by atoms with van der Waals surface area (Å²) in [5.74, 6) is -0.556. The molecule has 0 radical (unpaired) electrons. The maximum Gasteiger partial charge on any atom is 0.243 e. The number of hydrogen-bond donors (Lipinski definition) is 1. The van der Waals surface area contributed by atoms with E-state index in [1.807, 2.05) is 63.2 Å². The smallest absolute Gasteiger partial charge is 0.243 e. The van der Waals surface area contributed by atoms with Crippen LogP contribution in [0.2, 0.25) is 10.0 Å². The third-order valence-corrected chi connectivity index (χ3v) is 8.69. The first-order valence-corrected chi connectivity index (χ1v) is 16.1. The summed E-state index contributed by atoms with van der Waals surface area (Å²) in [5.41, 5.74) is 4.14. The summed E-state index contributed by atoms with van der Waals surface area (Å²) < 4.78 is 26.7. The minimum absolute atomic E-state index is 0.0345. The van der Waals surface area contributed by atoms with Crippen LogP contribution in [0.4, 0.5) is 5.69 Å². The molecule has 1 atom stereocenters. The molecule has 0 aromatic heterocycles. The quantitative estimate of drug-likeness (QED) is 0.257. The van der Waals surface area contributed by atoms with Crippen molar-refractivity contribution in [3.8, 4) is 0 Å². The summed E-state index contributed by atoms with van der Waals surface area (Å²) in [6.45, 7) is 6.34. The van der Waals surface area contributed by atoms with Crippen LogP contribution in [0.15, 0.2) is 66.7 Å². The SMILES string of the molecule is CCNC(=O)[C@H](Cc1ccccc1)N(Cc1ccc(Cl)cc1Cl)C(=O)CCCN(c1ccc(C)c(C)c1)S(C)(=O)=O. The summed E-state index contributed by atoms with van der Waals surface area (Å²) >= 11 is 12.6. The summed E-state index contributed by atoms with van der Waals surface area (Å²) in [7, 11) is -3.59. The second-order valence-electron chi connectivity index (χ2n) is 10.1. The van der Waals surface area contributed by atoms with Crippen molar-refractivity contribution in [1.82, 2.24) is 10.2 Å². The van der Waals surface area contributed by atoms with E-state index in [1.165, 1.54) is 9.21 Å². The molecule has 0 fully saturated rings. The number of aryl methyl sites for hydroxylation is 2. The zero-order chi connectivity index (χ0) is 30.2. The second-order valence-corrected chi connectivity index (χ2v) is 12.8. The maximum absolute atomic E-state index is 13.8. The molecule has 3 aromatic carbocycles. The van der Waals surface area contributed by atoms with E-state index in [-0.39, 0.29) is 37.7 Å². The molecule has 0 saturated carbocycles. The van der Waals surface area contributed by atoms with Crippen molar-refractivity contribution >= 4 is 50.7 Å². The van der Waals surface area contributed by atoms with Gasteiger partial charge in [-0.05, 0) is 73.7 Å². The molecule has 3 aromatic rings. The monoisotopic (exact) mass is 617 g/mol. The number of hydrogen-bond acceptors (Lipinski definition) is 4. The van der Waals surface area contributed by atoms with E-state index in [4.69, 9.17) is 23.2 Å². The Balaban J connectivity index is 1.89. The largest absolute Gasteiger partial charge is 0.355 e. The van der Waals surface area contributed by atoms with Crippen LogP contribution in [-0.2, 0) is 32.6 Å². The Hall–Kier alpha value is -3.07. The van der Waals surface area contributed by atoms with Gasteiger partial charge >= 0.3 is 0 Å². The summed E-state index contributed by atoms with van der Waals surface area (Å²) in [6, 6.07) is 19.2. The van der Waals surface area contributed by atoms with Gasteiger partial charge in [0.25, 0.3) is 0 Å². The molecule has 0 aliphatic heterocycles. The fourth-order valence-electron chi connectivity index (χ4n) is 4.56. The topological polar surface area (TPSA) is 86.8 Å². The number of sulfonamides is 1. The van der Waals surface area contributed by atoms with Gasteiger partial charge in [-0.3, -0.25) is 13.9 Å². The molecule has 1 N–H and O–H groups in total. The second kappa shape index (κ2) is 14.7. The van der Waals surface area contributed by atoms with Gasteiger partial charge in [-0.1, -0.05) is 65.7 Å². The summed E-state index contributed by atoms with van der Waals surface area (Å²) in [6.07, 6.45) is 1.76. The molecule has 0 aliphatic rings. The van der Waals surface area contributed by atoms with Crippen molar-refractivity contribution in [2.45, 2.75) is 52.6 Å². The summed E-state index contributed by atoms with van der Waals surface area (Å²) in [5, 5.41) is 3.72. The van der Waals surface area contributed by atoms with E-state index in [1.54, 1.807) is 24.3 Å².